The molecule has 3 aromatic carbocycles. The van der Waals surface area contributed by atoms with Crippen molar-refractivity contribution in [1.29, 1.82) is 0 Å². The predicted octanol–water partition coefficient (Wildman–Crippen LogP) is 4.72. The van der Waals surface area contributed by atoms with E-state index in [2.05, 4.69) is 15.0 Å². The van der Waals surface area contributed by atoms with Gasteiger partial charge in [-0.3, -0.25) is 4.72 Å². The molecule has 5 aromatic rings. The normalized spacial score (nSPS) is 11.8. The molecule has 2 N–H and O–H groups in total. The van der Waals surface area contributed by atoms with Gasteiger partial charge in [-0.05, 0) is 24.3 Å². The molecule has 0 unspecified atom stereocenters. The number of para-hydroxylation sites is 1. The highest BCUT2D eigenvalue weighted by molar-refractivity contribution is 7.92. The minimum atomic E-state index is -3.41. The second-order valence-electron chi connectivity index (χ2n) is 8.15. The van der Waals surface area contributed by atoms with Crippen LogP contribution < -0.4 is 19.7 Å². The van der Waals surface area contributed by atoms with E-state index in [4.69, 9.17) is 14.1 Å². The number of oxazole rings is 1. The third kappa shape index (κ3) is 4.03. The summed E-state index contributed by atoms with van der Waals surface area (Å²) in [6.45, 7) is 0. The Bertz CT molecular complexity index is 1660. The maximum atomic E-state index is 11.6. The average molecular weight is 478 g/mol. The van der Waals surface area contributed by atoms with Crippen molar-refractivity contribution >= 4 is 66.0 Å². The number of hydrogen-bond donors (Lipinski definition) is 2. The molecule has 10 heteroatoms. The number of methoxy groups -OCH3 is 1. The summed E-state index contributed by atoms with van der Waals surface area (Å²) in [6, 6.07) is 17.3. The van der Waals surface area contributed by atoms with E-state index >= 15 is 0 Å². The average Bonchev–Trinajstić information content (AvgIpc) is 3.20. The molecule has 0 radical (unpaired) electrons. The number of hydrogen-bond acceptors (Lipinski definition) is 8. The Balaban J connectivity index is 1.70. The molecular formula is C24H23N5O4S. The van der Waals surface area contributed by atoms with Gasteiger partial charge in [-0.2, -0.15) is 4.98 Å². The summed E-state index contributed by atoms with van der Waals surface area (Å²) in [5.41, 5.74) is 4.86. The monoisotopic (exact) mass is 477 g/mol. The second-order valence-corrected chi connectivity index (χ2v) is 9.89. The third-order valence-corrected chi connectivity index (χ3v) is 5.93. The van der Waals surface area contributed by atoms with Crippen LogP contribution in [0.5, 0.6) is 5.75 Å². The molecule has 0 saturated carbocycles. The van der Waals surface area contributed by atoms with Crippen molar-refractivity contribution in [2.75, 3.05) is 42.4 Å². The molecule has 0 saturated heterocycles. The first-order valence-electron chi connectivity index (χ1n) is 10.4. The van der Waals surface area contributed by atoms with Crippen LogP contribution in [0.1, 0.15) is 0 Å². The lowest BCUT2D eigenvalue weighted by molar-refractivity contribution is 0.417. The Labute approximate surface area is 196 Å². The number of ether oxygens (including phenoxy) is 1. The van der Waals surface area contributed by atoms with Gasteiger partial charge in [0.2, 0.25) is 10.0 Å². The molecule has 0 bridgehead atoms. The predicted molar refractivity (Wildman–Crippen MR) is 136 cm³/mol. The van der Waals surface area contributed by atoms with Crippen LogP contribution in [0, 0.1) is 0 Å². The van der Waals surface area contributed by atoms with Gasteiger partial charge in [0.05, 0.1) is 41.5 Å². The molecule has 5 rings (SSSR count). The number of fused-ring (bicyclic) bond motifs is 3. The summed E-state index contributed by atoms with van der Waals surface area (Å²) < 4.78 is 37.2. The first-order chi connectivity index (χ1) is 16.2. The zero-order chi connectivity index (χ0) is 24.0. The van der Waals surface area contributed by atoms with Crippen LogP contribution in [0.4, 0.5) is 23.1 Å². The van der Waals surface area contributed by atoms with Crippen LogP contribution in [0.15, 0.2) is 59.0 Å². The van der Waals surface area contributed by atoms with Crippen LogP contribution in [0.2, 0.25) is 0 Å². The highest BCUT2D eigenvalue weighted by Crippen LogP contribution is 2.38. The van der Waals surface area contributed by atoms with Gasteiger partial charge in [-0.25, -0.2) is 13.4 Å². The van der Waals surface area contributed by atoms with E-state index in [9.17, 15) is 8.42 Å². The largest absolute Gasteiger partial charge is 0.494 e. The minimum absolute atomic E-state index is 0.412. The number of benzene rings is 3. The summed E-state index contributed by atoms with van der Waals surface area (Å²) in [4.78, 5) is 11.2. The number of anilines is 4. The van der Waals surface area contributed by atoms with E-state index < -0.39 is 10.0 Å². The number of aromatic nitrogens is 2. The van der Waals surface area contributed by atoms with Gasteiger partial charge in [-0.15, -0.1) is 0 Å². The zero-order valence-electron chi connectivity index (χ0n) is 19.1. The molecule has 0 amide bonds. The van der Waals surface area contributed by atoms with Crippen molar-refractivity contribution in [3.63, 3.8) is 0 Å². The zero-order valence-corrected chi connectivity index (χ0v) is 19.9. The second kappa shape index (κ2) is 8.07. The number of pyridine rings is 1. The van der Waals surface area contributed by atoms with Crippen molar-refractivity contribution in [3.05, 3.63) is 54.6 Å². The summed E-state index contributed by atoms with van der Waals surface area (Å²) in [7, 11) is 1.87. The molecule has 9 nitrogen and oxygen atoms in total. The number of sulfonamides is 1. The molecule has 2 heterocycles. The molecule has 0 fully saturated rings. The van der Waals surface area contributed by atoms with Gasteiger partial charge in [-0.1, -0.05) is 18.2 Å². The van der Waals surface area contributed by atoms with Crippen LogP contribution in [-0.2, 0) is 10.0 Å². The summed E-state index contributed by atoms with van der Waals surface area (Å²) >= 11 is 0. The first-order valence-corrected chi connectivity index (χ1v) is 12.3. The first kappa shape index (κ1) is 21.8. The fraction of sp³-hybridized carbons (Fsp3) is 0.167. The van der Waals surface area contributed by atoms with E-state index in [1.165, 1.54) is 7.11 Å². The standard InChI is InChI=1S/C24H23N5O4S/c1-29(2)24-27-20-12-16-19(13-22(20)33-24)25-17-8-6-5-7-15(17)23(16)26-18-10-9-14(11-21(18)32-3)28-34(4,30)31/h5-13,28H,1-4H3,(H,25,26). The summed E-state index contributed by atoms with van der Waals surface area (Å²) in [5, 5.41) is 5.27. The lowest BCUT2D eigenvalue weighted by Gasteiger charge is -2.16. The SMILES string of the molecule is COc1cc(NS(C)(=O)=O)ccc1Nc1c2ccccc2nc2cc3oc(N(C)C)nc3cc12. The Morgan fingerprint density at radius 3 is 2.47 bits per heavy atom. The van der Waals surface area contributed by atoms with E-state index in [1.807, 2.05) is 55.4 Å². The van der Waals surface area contributed by atoms with Crippen LogP contribution in [0.3, 0.4) is 0 Å². The molecule has 0 spiro atoms. The Morgan fingerprint density at radius 1 is 0.941 bits per heavy atom. The third-order valence-electron chi connectivity index (χ3n) is 5.33. The van der Waals surface area contributed by atoms with Gasteiger partial charge in [0, 0.05) is 37.0 Å². The van der Waals surface area contributed by atoms with Gasteiger partial charge < -0.3 is 19.4 Å². The van der Waals surface area contributed by atoms with E-state index in [-0.39, 0.29) is 0 Å². The quantitative estimate of drug-likeness (QED) is 0.338. The Hall–Kier alpha value is -4.05. The fourth-order valence-corrected chi connectivity index (χ4v) is 4.39. The van der Waals surface area contributed by atoms with Crippen molar-refractivity contribution in [2.45, 2.75) is 0 Å². The lowest BCUT2D eigenvalue weighted by atomic mass is 10.1. The molecule has 0 aliphatic heterocycles. The van der Waals surface area contributed by atoms with Crippen molar-refractivity contribution < 1.29 is 17.6 Å². The molecule has 0 atom stereocenters. The minimum Gasteiger partial charge on any atom is -0.494 e. The highest BCUT2D eigenvalue weighted by Gasteiger charge is 2.16. The van der Waals surface area contributed by atoms with Crippen LogP contribution >= 0.6 is 0 Å². The maximum absolute atomic E-state index is 11.6. The Kier molecular flexibility index (Phi) is 5.17. The molecule has 0 aliphatic rings. The van der Waals surface area contributed by atoms with E-state index in [0.717, 1.165) is 39.3 Å². The van der Waals surface area contributed by atoms with Crippen molar-refractivity contribution in [1.82, 2.24) is 9.97 Å². The van der Waals surface area contributed by atoms with Gasteiger partial charge >= 0.3 is 0 Å². The molecule has 0 aliphatic carbocycles. The van der Waals surface area contributed by atoms with E-state index in [1.54, 1.807) is 18.2 Å². The number of rotatable bonds is 6. The smallest absolute Gasteiger partial charge is 0.297 e. The van der Waals surface area contributed by atoms with Crippen LogP contribution in [0.25, 0.3) is 32.9 Å². The van der Waals surface area contributed by atoms with Gasteiger partial charge in [0.1, 0.15) is 11.3 Å². The topological polar surface area (TPSA) is 110 Å². The summed E-state index contributed by atoms with van der Waals surface area (Å²) in [5.74, 6) is 0.486. The molecule has 34 heavy (non-hydrogen) atoms. The highest BCUT2D eigenvalue weighted by atomic mass is 32.2. The number of nitrogens with zero attached hydrogens (tertiary/aromatic N) is 3. The molecule has 174 valence electrons. The van der Waals surface area contributed by atoms with Gasteiger partial charge in [0.15, 0.2) is 5.58 Å². The molecule has 2 aromatic heterocycles. The van der Waals surface area contributed by atoms with Gasteiger partial charge in [0.25, 0.3) is 6.01 Å². The van der Waals surface area contributed by atoms with Crippen molar-refractivity contribution in [3.8, 4) is 5.75 Å². The van der Waals surface area contributed by atoms with Crippen LogP contribution in [-0.4, -0.2) is 45.8 Å². The maximum Gasteiger partial charge on any atom is 0.297 e. The van der Waals surface area contributed by atoms with E-state index in [0.29, 0.717) is 28.7 Å². The number of nitrogens with one attached hydrogen (secondary N) is 2. The Morgan fingerprint density at radius 2 is 1.74 bits per heavy atom. The lowest BCUT2D eigenvalue weighted by Crippen LogP contribution is -2.09. The summed E-state index contributed by atoms with van der Waals surface area (Å²) in [6.07, 6.45) is 1.10. The van der Waals surface area contributed by atoms with Crippen molar-refractivity contribution in [2.24, 2.45) is 0 Å². The molecular weight excluding hydrogens is 454 g/mol. The fourth-order valence-electron chi connectivity index (χ4n) is 3.83.